The van der Waals surface area contributed by atoms with Crippen molar-refractivity contribution >= 4 is 45.9 Å². The zero-order chi connectivity index (χ0) is 26.2. The van der Waals surface area contributed by atoms with E-state index in [1.54, 1.807) is 0 Å². The Kier molecular flexibility index (Phi) is 10.0. The highest BCUT2D eigenvalue weighted by molar-refractivity contribution is 7.17. The minimum absolute atomic E-state index is 0.135. The van der Waals surface area contributed by atoms with Gasteiger partial charge in [-0.3, -0.25) is 9.59 Å². The Labute approximate surface area is 217 Å². The molecule has 0 aliphatic carbocycles. The zero-order valence-electron chi connectivity index (χ0n) is 20.4. The third-order valence-corrected chi connectivity index (χ3v) is 7.00. The van der Waals surface area contributed by atoms with Crippen molar-refractivity contribution in [2.24, 2.45) is 0 Å². The van der Waals surface area contributed by atoms with Crippen LogP contribution in [-0.2, 0) is 15.9 Å². The number of carbonyl (C=O) groups is 3. The number of carboxylic acids is 1. The summed E-state index contributed by atoms with van der Waals surface area (Å²) < 4.78 is 11.1. The second-order valence-electron chi connectivity index (χ2n) is 7.95. The van der Waals surface area contributed by atoms with Crippen LogP contribution in [0.1, 0.15) is 63.7 Å². The largest absolute Gasteiger partial charge is 0.477 e. The number of ether oxygens (including phenoxy) is 2. The van der Waals surface area contributed by atoms with Gasteiger partial charge in [0, 0.05) is 32.8 Å². The zero-order valence-corrected chi connectivity index (χ0v) is 22.0. The molecule has 2 atom stereocenters. The minimum atomic E-state index is -1.22. The van der Waals surface area contributed by atoms with Crippen LogP contribution in [0.4, 0.5) is 5.13 Å². The lowest BCUT2D eigenvalue weighted by Crippen LogP contribution is -2.55. The number of carboxylic acid groups (broad SMARTS) is 1. The van der Waals surface area contributed by atoms with Crippen molar-refractivity contribution in [1.82, 2.24) is 25.6 Å². The Morgan fingerprint density at radius 1 is 1.22 bits per heavy atom. The molecule has 1 aliphatic rings. The number of hydrogen-bond donors (Lipinski definition) is 4. The minimum Gasteiger partial charge on any atom is -0.477 e. The van der Waals surface area contributed by atoms with Gasteiger partial charge in [0.25, 0.3) is 11.8 Å². The first-order chi connectivity index (χ1) is 17.3. The molecule has 0 aromatic carbocycles. The van der Waals surface area contributed by atoms with Crippen molar-refractivity contribution in [1.29, 1.82) is 0 Å². The molecule has 1 saturated heterocycles. The number of carbonyl (C=O) groups excluding carboxylic acids is 2. The fraction of sp³-hybridized carbons (Fsp3) is 0.591. The SMILES string of the molecule is CCOCCNC(=O)c1nc(N2CCC(NC(=O)c3nc(Cl)c(CC)[nH]3)C(OCC)C2)sc1C(=O)O. The number of anilines is 1. The number of rotatable bonds is 12. The fourth-order valence-corrected chi connectivity index (χ4v) is 5.01. The van der Waals surface area contributed by atoms with Crippen LogP contribution in [0.15, 0.2) is 0 Å². The van der Waals surface area contributed by atoms with E-state index < -0.39 is 11.9 Å². The van der Waals surface area contributed by atoms with Crippen LogP contribution < -0.4 is 15.5 Å². The average molecular weight is 543 g/mol. The monoisotopic (exact) mass is 542 g/mol. The van der Waals surface area contributed by atoms with E-state index in [0.29, 0.717) is 56.6 Å². The van der Waals surface area contributed by atoms with E-state index in [4.69, 9.17) is 21.1 Å². The van der Waals surface area contributed by atoms with Crippen LogP contribution in [0.25, 0.3) is 0 Å². The van der Waals surface area contributed by atoms with E-state index in [2.05, 4.69) is 25.6 Å². The smallest absolute Gasteiger partial charge is 0.348 e. The lowest BCUT2D eigenvalue weighted by Gasteiger charge is -2.38. The summed E-state index contributed by atoms with van der Waals surface area (Å²) in [5, 5.41) is 15.9. The number of imidazole rings is 1. The van der Waals surface area contributed by atoms with E-state index in [1.165, 1.54) is 0 Å². The number of hydrogen-bond acceptors (Lipinski definition) is 9. The number of aromatic carboxylic acids is 1. The van der Waals surface area contributed by atoms with Gasteiger partial charge in [0.2, 0.25) is 0 Å². The van der Waals surface area contributed by atoms with Crippen LogP contribution in [0.3, 0.4) is 0 Å². The quantitative estimate of drug-likeness (QED) is 0.294. The first-order valence-corrected chi connectivity index (χ1v) is 13.0. The Morgan fingerprint density at radius 2 is 2.00 bits per heavy atom. The fourth-order valence-electron chi connectivity index (χ4n) is 3.81. The van der Waals surface area contributed by atoms with E-state index in [9.17, 15) is 19.5 Å². The predicted octanol–water partition coefficient (Wildman–Crippen LogP) is 1.96. The Morgan fingerprint density at radius 3 is 2.64 bits per heavy atom. The van der Waals surface area contributed by atoms with Crippen molar-refractivity contribution in [3.63, 3.8) is 0 Å². The molecule has 0 radical (unpaired) electrons. The maximum absolute atomic E-state index is 12.8. The van der Waals surface area contributed by atoms with E-state index >= 15 is 0 Å². The lowest BCUT2D eigenvalue weighted by molar-refractivity contribution is 0.0271. The standard InChI is InChI=1S/C22H31ClN6O6S/c1-4-12-17(23)28-18(25-12)20(31)26-13-7-9-29(11-14(13)35-6-3)22-27-15(16(36-22)21(32)33)19(30)24-8-10-34-5-2/h13-14H,4-11H2,1-3H3,(H,24,30)(H,25,28)(H,26,31)(H,32,33). The molecule has 3 rings (SSSR count). The number of piperidine rings is 1. The second kappa shape index (κ2) is 13.0. The number of amides is 2. The van der Waals surface area contributed by atoms with Crippen molar-refractivity contribution in [3.05, 3.63) is 27.2 Å². The maximum Gasteiger partial charge on any atom is 0.348 e. The van der Waals surface area contributed by atoms with Gasteiger partial charge in [0.1, 0.15) is 4.88 Å². The number of halogens is 1. The maximum atomic E-state index is 12.8. The molecular formula is C22H31ClN6O6S. The van der Waals surface area contributed by atoms with Gasteiger partial charge >= 0.3 is 5.97 Å². The van der Waals surface area contributed by atoms with E-state index in [0.717, 1.165) is 11.3 Å². The molecule has 2 amide bonds. The number of H-pyrrole nitrogens is 1. The number of aromatic amines is 1. The summed E-state index contributed by atoms with van der Waals surface area (Å²) in [6, 6.07) is -0.303. The summed E-state index contributed by atoms with van der Waals surface area (Å²) in [6.45, 7) is 7.95. The predicted molar refractivity (Wildman–Crippen MR) is 134 cm³/mol. The highest BCUT2D eigenvalue weighted by Gasteiger charge is 2.34. The second-order valence-corrected chi connectivity index (χ2v) is 9.28. The highest BCUT2D eigenvalue weighted by Crippen LogP contribution is 2.30. The molecule has 12 nitrogen and oxygen atoms in total. The number of aryl methyl sites for hydroxylation is 1. The number of aromatic nitrogens is 3. The molecule has 1 aliphatic heterocycles. The lowest BCUT2D eigenvalue weighted by atomic mass is 10.0. The van der Waals surface area contributed by atoms with Gasteiger partial charge in [-0.15, -0.1) is 0 Å². The summed E-state index contributed by atoms with van der Waals surface area (Å²) in [4.78, 5) is 50.2. The third-order valence-electron chi connectivity index (χ3n) is 5.59. The Bertz CT molecular complexity index is 1080. The summed E-state index contributed by atoms with van der Waals surface area (Å²) in [5.41, 5.74) is 0.553. The molecule has 2 aromatic heterocycles. The number of nitrogens with zero attached hydrogens (tertiary/aromatic N) is 3. The van der Waals surface area contributed by atoms with Gasteiger partial charge in [-0.1, -0.05) is 29.9 Å². The van der Waals surface area contributed by atoms with E-state index in [1.807, 2.05) is 25.7 Å². The van der Waals surface area contributed by atoms with Crippen LogP contribution in [0.5, 0.6) is 0 Å². The van der Waals surface area contributed by atoms with Crippen molar-refractivity contribution < 1.29 is 29.0 Å². The van der Waals surface area contributed by atoms with E-state index in [-0.39, 0.29) is 46.1 Å². The van der Waals surface area contributed by atoms with Crippen LogP contribution in [0, 0.1) is 0 Å². The molecule has 1 fully saturated rings. The van der Waals surface area contributed by atoms with Gasteiger partial charge in [-0.25, -0.2) is 14.8 Å². The Balaban J connectivity index is 1.71. The molecule has 36 heavy (non-hydrogen) atoms. The van der Waals surface area contributed by atoms with Crippen molar-refractivity contribution in [2.45, 2.75) is 45.8 Å². The first-order valence-electron chi connectivity index (χ1n) is 11.8. The van der Waals surface area contributed by atoms with Gasteiger partial charge in [0.05, 0.1) is 24.4 Å². The summed E-state index contributed by atoms with van der Waals surface area (Å²) in [6.07, 6.45) is 0.755. The molecule has 2 unspecified atom stereocenters. The highest BCUT2D eigenvalue weighted by atomic mass is 35.5. The normalized spacial score (nSPS) is 17.7. The Hall–Kier alpha value is -2.74. The molecule has 3 heterocycles. The van der Waals surface area contributed by atoms with Gasteiger partial charge in [-0.05, 0) is 26.7 Å². The first kappa shape index (κ1) is 27.8. The number of thiazole rings is 1. The van der Waals surface area contributed by atoms with Gasteiger partial charge < -0.3 is 35.1 Å². The van der Waals surface area contributed by atoms with Crippen LogP contribution >= 0.6 is 22.9 Å². The molecule has 2 aromatic rings. The molecule has 4 N–H and O–H groups in total. The molecule has 0 saturated carbocycles. The molecule has 198 valence electrons. The van der Waals surface area contributed by atoms with Crippen LogP contribution in [-0.4, -0.2) is 89.4 Å². The van der Waals surface area contributed by atoms with Crippen molar-refractivity contribution in [2.75, 3.05) is 44.4 Å². The molecule has 14 heteroatoms. The summed E-state index contributed by atoms with van der Waals surface area (Å²) in [5.74, 6) is -2.03. The number of nitrogens with one attached hydrogen (secondary N) is 3. The van der Waals surface area contributed by atoms with Gasteiger partial charge in [-0.2, -0.15) is 0 Å². The van der Waals surface area contributed by atoms with Gasteiger partial charge in [0.15, 0.2) is 21.8 Å². The molecular weight excluding hydrogens is 512 g/mol. The van der Waals surface area contributed by atoms with Crippen molar-refractivity contribution in [3.8, 4) is 0 Å². The average Bonchev–Trinajstić information content (AvgIpc) is 3.47. The van der Waals surface area contributed by atoms with Crippen LogP contribution in [0.2, 0.25) is 5.15 Å². The topological polar surface area (TPSA) is 159 Å². The third kappa shape index (κ3) is 6.72. The molecule has 0 bridgehead atoms. The molecule has 0 spiro atoms. The summed E-state index contributed by atoms with van der Waals surface area (Å²) in [7, 11) is 0. The summed E-state index contributed by atoms with van der Waals surface area (Å²) >= 11 is 7.00.